The molecule has 1 N–H and O–H groups in total. The molecule has 3 nitrogen and oxygen atoms in total. The molecule has 3 aromatic rings. The number of carbonyl (C=O) groups is 1. The molecule has 0 amide bonds. The first-order valence-corrected chi connectivity index (χ1v) is 13.7. The van der Waals surface area contributed by atoms with Crippen LogP contribution in [0.15, 0.2) is 48.4 Å². The van der Waals surface area contributed by atoms with Gasteiger partial charge in [0.2, 0.25) is 0 Å². The van der Waals surface area contributed by atoms with Crippen LogP contribution < -0.4 is 0 Å². The minimum Gasteiger partial charge on any atom is -0.512 e. The van der Waals surface area contributed by atoms with Gasteiger partial charge >= 0.3 is 0 Å². The number of pyridine rings is 1. The number of aliphatic hydroxyl groups excluding tert-OH is 1. The molecule has 1 radical (unpaired) electrons. The van der Waals surface area contributed by atoms with E-state index in [0.717, 1.165) is 43.4 Å². The number of aliphatic hydroxyl groups is 1. The van der Waals surface area contributed by atoms with Crippen molar-refractivity contribution >= 4 is 16.6 Å². The van der Waals surface area contributed by atoms with Crippen LogP contribution in [0.5, 0.6) is 0 Å². The van der Waals surface area contributed by atoms with Crippen molar-refractivity contribution in [1.29, 1.82) is 0 Å². The van der Waals surface area contributed by atoms with Gasteiger partial charge in [0.1, 0.15) is 0 Å². The molecule has 0 atom stereocenters. The van der Waals surface area contributed by atoms with Crippen LogP contribution in [0.1, 0.15) is 89.5 Å². The first-order chi connectivity index (χ1) is 17.3. The molecule has 0 unspecified atom stereocenters. The van der Waals surface area contributed by atoms with Crippen molar-refractivity contribution in [1.82, 2.24) is 4.98 Å². The molecule has 1 aliphatic carbocycles. The van der Waals surface area contributed by atoms with E-state index >= 15 is 0 Å². The number of carbonyl (C=O) groups excluding carboxylic acids is 1. The van der Waals surface area contributed by atoms with Crippen molar-refractivity contribution in [3.05, 3.63) is 76.7 Å². The van der Waals surface area contributed by atoms with Crippen LogP contribution in [-0.4, -0.2) is 15.9 Å². The zero-order valence-corrected chi connectivity index (χ0v) is 25.7. The summed E-state index contributed by atoms with van der Waals surface area (Å²) in [6.07, 6.45) is 10.6. The van der Waals surface area contributed by atoms with Crippen molar-refractivity contribution in [2.24, 2.45) is 11.8 Å². The van der Waals surface area contributed by atoms with Crippen LogP contribution >= 0.6 is 0 Å². The van der Waals surface area contributed by atoms with E-state index in [-0.39, 0.29) is 50.9 Å². The van der Waals surface area contributed by atoms with E-state index in [1.54, 1.807) is 0 Å². The van der Waals surface area contributed by atoms with Crippen molar-refractivity contribution in [2.45, 2.75) is 93.9 Å². The average Bonchev–Trinajstić information content (AvgIpc) is 2.86. The SMILES string of the molecule is C.CCC(CC)C(=O)C=C(O)C(CC)CC.Cc1[c-]c(-c2ncc3c4c(cccc24)CCC3)cc(C)c1.[Ir]. The fraction of sp³-hybridized carbons (Fsp3) is 0.471. The summed E-state index contributed by atoms with van der Waals surface area (Å²) in [5, 5.41) is 12.5. The number of rotatable bonds is 8. The number of ketones is 1. The zero-order chi connectivity index (χ0) is 26.2. The van der Waals surface area contributed by atoms with Gasteiger partial charge in [-0.15, -0.1) is 34.9 Å². The smallest absolute Gasteiger partial charge is 0.162 e. The van der Waals surface area contributed by atoms with Gasteiger partial charge in [0.25, 0.3) is 0 Å². The molecule has 4 heteroatoms. The van der Waals surface area contributed by atoms with Crippen LogP contribution in [0, 0.1) is 31.7 Å². The Morgan fingerprint density at radius 2 is 1.63 bits per heavy atom. The number of benzene rings is 2. The van der Waals surface area contributed by atoms with Crippen LogP contribution in [0.2, 0.25) is 0 Å². The van der Waals surface area contributed by atoms with Crippen LogP contribution in [0.25, 0.3) is 22.0 Å². The van der Waals surface area contributed by atoms with Gasteiger partial charge < -0.3 is 10.1 Å². The van der Waals surface area contributed by atoms with Gasteiger partial charge in [-0.2, -0.15) is 0 Å². The van der Waals surface area contributed by atoms with Crippen LogP contribution in [-0.2, 0) is 37.7 Å². The molecule has 0 saturated carbocycles. The third kappa shape index (κ3) is 8.10. The van der Waals surface area contributed by atoms with E-state index in [2.05, 4.69) is 56.4 Å². The predicted octanol–water partition coefficient (Wildman–Crippen LogP) is 9.31. The molecule has 0 fully saturated rings. The molecule has 1 heterocycles. The molecule has 4 rings (SSSR count). The maximum absolute atomic E-state index is 11.7. The van der Waals surface area contributed by atoms with E-state index in [0.29, 0.717) is 0 Å². The van der Waals surface area contributed by atoms with Crippen molar-refractivity contribution in [3.8, 4) is 11.3 Å². The number of hydrogen-bond acceptors (Lipinski definition) is 3. The Morgan fingerprint density at radius 3 is 2.24 bits per heavy atom. The minimum absolute atomic E-state index is 0. The second-order valence-electron chi connectivity index (χ2n) is 10.1. The molecule has 0 aliphatic heterocycles. The molecule has 2 aromatic carbocycles. The number of aromatic nitrogens is 1. The van der Waals surface area contributed by atoms with Gasteiger partial charge in [0.15, 0.2) is 5.78 Å². The summed E-state index contributed by atoms with van der Waals surface area (Å²) in [7, 11) is 0. The molecular formula is C34H46IrNO2-. The third-order valence-electron chi connectivity index (χ3n) is 7.45. The summed E-state index contributed by atoms with van der Waals surface area (Å²) in [5.74, 6) is 0.547. The van der Waals surface area contributed by atoms with E-state index in [4.69, 9.17) is 4.98 Å². The summed E-state index contributed by atoms with van der Waals surface area (Å²) < 4.78 is 0. The summed E-state index contributed by atoms with van der Waals surface area (Å²) in [5.41, 5.74) is 7.50. The summed E-state index contributed by atoms with van der Waals surface area (Å²) >= 11 is 0. The molecule has 38 heavy (non-hydrogen) atoms. The summed E-state index contributed by atoms with van der Waals surface area (Å²) in [4.78, 5) is 16.5. The van der Waals surface area contributed by atoms with E-state index in [9.17, 15) is 9.90 Å². The second kappa shape index (κ2) is 16.0. The normalized spacial score (nSPS) is 12.5. The Hall–Kier alpha value is -2.29. The average molecular weight is 693 g/mol. The molecular weight excluding hydrogens is 647 g/mol. The Kier molecular flexibility index (Phi) is 14.2. The fourth-order valence-corrected chi connectivity index (χ4v) is 5.34. The van der Waals surface area contributed by atoms with E-state index in [1.807, 2.05) is 27.7 Å². The quantitative estimate of drug-likeness (QED) is 0.146. The Morgan fingerprint density at radius 1 is 1.00 bits per heavy atom. The van der Waals surface area contributed by atoms with E-state index < -0.39 is 0 Å². The van der Waals surface area contributed by atoms with Gasteiger partial charge in [-0.25, -0.2) is 0 Å². The largest absolute Gasteiger partial charge is 0.512 e. The van der Waals surface area contributed by atoms with Crippen molar-refractivity contribution in [3.63, 3.8) is 0 Å². The van der Waals surface area contributed by atoms with Gasteiger partial charge in [0.05, 0.1) is 5.76 Å². The third-order valence-corrected chi connectivity index (χ3v) is 7.45. The predicted molar refractivity (Wildman–Crippen MR) is 158 cm³/mol. The molecule has 1 aliphatic rings. The Labute approximate surface area is 244 Å². The van der Waals surface area contributed by atoms with Crippen molar-refractivity contribution in [2.75, 3.05) is 0 Å². The molecule has 0 bridgehead atoms. The first-order valence-electron chi connectivity index (χ1n) is 13.7. The second-order valence-corrected chi connectivity index (χ2v) is 10.1. The zero-order valence-electron chi connectivity index (χ0n) is 23.3. The maximum atomic E-state index is 11.7. The topological polar surface area (TPSA) is 50.2 Å². The summed E-state index contributed by atoms with van der Waals surface area (Å²) in [6.45, 7) is 12.3. The van der Waals surface area contributed by atoms with Gasteiger partial charge in [-0.1, -0.05) is 67.2 Å². The summed E-state index contributed by atoms with van der Waals surface area (Å²) in [6, 6.07) is 14.5. The maximum Gasteiger partial charge on any atom is 0.162 e. The van der Waals surface area contributed by atoms with Crippen LogP contribution in [0.3, 0.4) is 0 Å². The number of aryl methyl sites for hydroxylation is 4. The number of hydrogen-bond donors (Lipinski definition) is 1. The van der Waals surface area contributed by atoms with Gasteiger partial charge in [-0.3, -0.25) is 4.79 Å². The number of nitrogens with zero attached hydrogens (tertiary/aromatic N) is 1. The van der Waals surface area contributed by atoms with Crippen molar-refractivity contribution < 1.29 is 30.0 Å². The number of allylic oxidation sites excluding steroid dienone is 2. The fourth-order valence-electron chi connectivity index (χ4n) is 5.34. The van der Waals surface area contributed by atoms with Gasteiger partial charge in [-0.05, 0) is 72.5 Å². The van der Waals surface area contributed by atoms with Crippen LogP contribution in [0.4, 0.5) is 0 Å². The van der Waals surface area contributed by atoms with Gasteiger partial charge in [0, 0.05) is 44.2 Å². The standard InChI is InChI=1S/C20H18N.C13H24O2.CH4.Ir/c1-13-9-14(2)11-17(10-13)20-18-8-4-6-15-5-3-7-16(12-21-20)19(15)18;1-5-10(6-2)12(14)9-13(15)11(7-3)8-4;;/h4,6,8-10,12H,3,5,7H2,1-2H3;9-11,14H,5-8H2,1-4H3;1H4;/q-1;;;. The molecule has 209 valence electrons. The Balaban J connectivity index is 0.000000384. The minimum atomic E-state index is 0. The molecule has 1 aromatic heterocycles. The first kappa shape index (κ1) is 33.7. The monoisotopic (exact) mass is 693 g/mol. The molecule has 0 saturated heterocycles. The van der Waals surface area contributed by atoms with E-state index in [1.165, 1.54) is 51.9 Å². The Bertz CT molecular complexity index is 1190. The molecule has 0 spiro atoms.